The summed E-state index contributed by atoms with van der Waals surface area (Å²) in [5.41, 5.74) is -0.519. The van der Waals surface area contributed by atoms with Gasteiger partial charge in [0.05, 0.1) is 18.0 Å². The topological polar surface area (TPSA) is 66.9 Å². The van der Waals surface area contributed by atoms with Gasteiger partial charge in [-0.3, -0.25) is 4.55 Å². The van der Waals surface area contributed by atoms with Crippen molar-refractivity contribution in [1.29, 1.82) is 0 Å². The fourth-order valence-electron chi connectivity index (χ4n) is 4.22. The standard InChI is InChI=1S/C11H17BrO4S/c1-10-4-3-6(7(12)8-9(10)16-8)11(10,2)5-17(13,14)15/h6-9H,3-5H2,1-2H3,(H,13,14,15). The Bertz CT molecular complexity index is 464. The van der Waals surface area contributed by atoms with Gasteiger partial charge < -0.3 is 4.74 Å². The number of alkyl halides is 1. The second-order valence-corrected chi connectivity index (χ2v) is 8.68. The minimum atomic E-state index is -3.95. The number of hydrogen-bond acceptors (Lipinski definition) is 3. The van der Waals surface area contributed by atoms with Crippen molar-refractivity contribution in [2.75, 3.05) is 5.75 Å². The maximum atomic E-state index is 11.3. The van der Waals surface area contributed by atoms with Crippen LogP contribution in [-0.2, 0) is 14.9 Å². The molecule has 6 atom stereocenters. The first-order valence-corrected chi connectivity index (χ1v) is 8.46. The van der Waals surface area contributed by atoms with Crippen molar-refractivity contribution in [1.82, 2.24) is 0 Å². The van der Waals surface area contributed by atoms with Crippen molar-refractivity contribution in [2.24, 2.45) is 16.7 Å². The van der Waals surface area contributed by atoms with Gasteiger partial charge in [-0.2, -0.15) is 8.42 Å². The molecule has 0 amide bonds. The highest BCUT2D eigenvalue weighted by Gasteiger charge is 2.73. The molecule has 1 N–H and O–H groups in total. The Hall–Kier alpha value is 0.350. The molecule has 6 unspecified atom stereocenters. The van der Waals surface area contributed by atoms with Crippen LogP contribution in [-0.4, -0.2) is 35.8 Å². The molecule has 0 spiro atoms. The summed E-state index contributed by atoms with van der Waals surface area (Å²) in [6, 6.07) is 0. The highest BCUT2D eigenvalue weighted by Crippen LogP contribution is 2.70. The van der Waals surface area contributed by atoms with Crippen LogP contribution in [0.25, 0.3) is 0 Å². The average Bonchev–Trinajstić information content (AvgIpc) is 2.88. The van der Waals surface area contributed by atoms with E-state index in [0.717, 1.165) is 12.8 Å². The zero-order valence-electron chi connectivity index (χ0n) is 9.89. The van der Waals surface area contributed by atoms with E-state index in [-0.39, 0.29) is 34.1 Å². The van der Waals surface area contributed by atoms with Crippen LogP contribution in [0.3, 0.4) is 0 Å². The molecule has 1 saturated heterocycles. The second-order valence-electron chi connectivity index (χ2n) is 6.17. The van der Waals surface area contributed by atoms with E-state index in [1.807, 2.05) is 6.92 Å². The number of ether oxygens (including phenoxy) is 1. The van der Waals surface area contributed by atoms with E-state index in [4.69, 9.17) is 4.74 Å². The van der Waals surface area contributed by atoms with Gasteiger partial charge in [-0.1, -0.05) is 29.8 Å². The van der Waals surface area contributed by atoms with E-state index in [0.29, 0.717) is 0 Å². The lowest BCUT2D eigenvalue weighted by Gasteiger charge is -2.47. The summed E-state index contributed by atoms with van der Waals surface area (Å²) >= 11 is 3.65. The highest BCUT2D eigenvalue weighted by atomic mass is 79.9. The maximum absolute atomic E-state index is 11.3. The first-order chi connectivity index (χ1) is 7.69. The van der Waals surface area contributed by atoms with Crippen LogP contribution in [0.15, 0.2) is 0 Å². The first kappa shape index (κ1) is 12.4. The molecule has 17 heavy (non-hydrogen) atoms. The Morgan fingerprint density at radius 3 is 2.71 bits per heavy atom. The Balaban J connectivity index is 2.04. The fourth-order valence-corrected chi connectivity index (χ4v) is 6.77. The summed E-state index contributed by atoms with van der Waals surface area (Å²) in [5.74, 6) is 0.105. The summed E-state index contributed by atoms with van der Waals surface area (Å²) in [5, 5.41) is 0. The Kier molecular flexibility index (Phi) is 2.38. The second kappa shape index (κ2) is 3.26. The number of fused-ring (bicyclic) bond motifs is 4. The molecule has 2 saturated carbocycles. The molecular formula is C11H17BrO4S. The van der Waals surface area contributed by atoms with Gasteiger partial charge in [0.1, 0.15) is 0 Å². The summed E-state index contributed by atoms with van der Waals surface area (Å²) in [6.45, 7) is 4.10. The molecule has 98 valence electrons. The lowest BCUT2D eigenvalue weighted by Crippen LogP contribution is -2.52. The van der Waals surface area contributed by atoms with Gasteiger partial charge in [0, 0.05) is 10.2 Å². The Morgan fingerprint density at radius 1 is 1.47 bits per heavy atom. The minimum absolute atomic E-state index is 0.123. The van der Waals surface area contributed by atoms with Gasteiger partial charge in [-0.15, -0.1) is 0 Å². The van der Waals surface area contributed by atoms with Gasteiger partial charge in [-0.05, 0) is 24.2 Å². The zero-order valence-corrected chi connectivity index (χ0v) is 12.3. The molecule has 6 heteroatoms. The molecule has 0 aromatic carbocycles. The predicted molar refractivity (Wildman–Crippen MR) is 66.7 cm³/mol. The van der Waals surface area contributed by atoms with Crippen molar-refractivity contribution >= 4 is 26.0 Å². The van der Waals surface area contributed by atoms with Crippen molar-refractivity contribution in [2.45, 2.75) is 43.7 Å². The van der Waals surface area contributed by atoms with Crippen LogP contribution >= 0.6 is 15.9 Å². The van der Waals surface area contributed by atoms with Gasteiger partial charge >= 0.3 is 0 Å². The van der Waals surface area contributed by atoms with Gasteiger partial charge in [0.2, 0.25) is 0 Å². The molecule has 3 fully saturated rings. The molecule has 0 radical (unpaired) electrons. The lowest BCUT2D eigenvalue weighted by atomic mass is 9.59. The summed E-state index contributed by atoms with van der Waals surface area (Å²) < 4.78 is 37.5. The molecule has 1 aliphatic heterocycles. The van der Waals surface area contributed by atoms with Gasteiger partial charge in [0.15, 0.2) is 0 Å². The fraction of sp³-hybridized carbons (Fsp3) is 1.00. The third-order valence-electron chi connectivity index (χ3n) is 5.43. The first-order valence-electron chi connectivity index (χ1n) is 5.94. The molecular weight excluding hydrogens is 308 g/mol. The molecule has 0 aromatic rings. The summed E-state index contributed by atoms with van der Waals surface area (Å²) in [4.78, 5) is 0.217. The molecule has 0 aromatic heterocycles. The van der Waals surface area contributed by atoms with Crippen LogP contribution in [0.2, 0.25) is 0 Å². The van der Waals surface area contributed by atoms with E-state index < -0.39 is 15.5 Å². The Labute approximate surface area is 110 Å². The van der Waals surface area contributed by atoms with E-state index in [2.05, 4.69) is 22.9 Å². The average molecular weight is 325 g/mol. The lowest BCUT2D eigenvalue weighted by molar-refractivity contribution is 0.0538. The van der Waals surface area contributed by atoms with Crippen LogP contribution in [0, 0.1) is 16.7 Å². The van der Waals surface area contributed by atoms with E-state index in [9.17, 15) is 13.0 Å². The van der Waals surface area contributed by atoms with Crippen LogP contribution in [0.1, 0.15) is 26.7 Å². The molecule has 2 aliphatic carbocycles. The zero-order chi connectivity index (χ0) is 12.6. The number of rotatable bonds is 2. The summed E-state index contributed by atoms with van der Waals surface area (Å²) in [6.07, 6.45) is 2.38. The summed E-state index contributed by atoms with van der Waals surface area (Å²) in [7, 11) is -3.95. The Morgan fingerprint density at radius 2 is 2.12 bits per heavy atom. The maximum Gasteiger partial charge on any atom is 0.265 e. The van der Waals surface area contributed by atoms with Crippen molar-refractivity contribution in [3.63, 3.8) is 0 Å². The van der Waals surface area contributed by atoms with Crippen molar-refractivity contribution in [3.05, 3.63) is 0 Å². The monoisotopic (exact) mass is 324 g/mol. The molecule has 3 aliphatic rings. The van der Waals surface area contributed by atoms with E-state index >= 15 is 0 Å². The normalized spacial score (nSPS) is 56.7. The third-order valence-corrected chi connectivity index (χ3v) is 7.56. The van der Waals surface area contributed by atoms with Crippen molar-refractivity contribution < 1.29 is 17.7 Å². The molecule has 4 nitrogen and oxygen atoms in total. The largest absolute Gasteiger partial charge is 0.368 e. The highest BCUT2D eigenvalue weighted by molar-refractivity contribution is 9.09. The van der Waals surface area contributed by atoms with Crippen LogP contribution in [0.5, 0.6) is 0 Å². The molecule has 1 heterocycles. The SMILES string of the molecule is CC1(CS(=O)(=O)O)C2CCC1(C)C1OC1C2Br. The minimum Gasteiger partial charge on any atom is -0.368 e. The van der Waals surface area contributed by atoms with Gasteiger partial charge in [-0.25, -0.2) is 0 Å². The molecule has 3 rings (SSSR count). The quantitative estimate of drug-likeness (QED) is 0.478. The molecule has 2 bridgehead atoms. The number of hydrogen-bond donors (Lipinski definition) is 1. The predicted octanol–water partition coefficient (Wildman–Crippen LogP) is 1.84. The van der Waals surface area contributed by atoms with Crippen molar-refractivity contribution in [3.8, 4) is 0 Å². The number of epoxide rings is 1. The number of halogens is 1. The third kappa shape index (κ3) is 1.50. The van der Waals surface area contributed by atoms with Crippen LogP contribution in [0.4, 0.5) is 0 Å². The van der Waals surface area contributed by atoms with Crippen LogP contribution < -0.4 is 0 Å². The van der Waals surface area contributed by atoms with E-state index in [1.165, 1.54) is 0 Å². The van der Waals surface area contributed by atoms with Gasteiger partial charge in [0.25, 0.3) is 10.1 Å². The van der Waals surface area contributed by atoms with E-state index in [1.54, 1.807) is 0 Å². The smallest absolute Gasteiger partial charge is 0.265 e.